The number of piperazine rings is 1. The first-order valence-corrected chi connectivity index (χ1v) is 7.20. The van der Waals surface area contributed by atoms with Crippen molar-refractivity contribution in [2.24, 2.45) is 0 Å². The molecule has 1 saturated heterocycles. The molecule has 106 valence electrons. The molecule has 4 heteroatoms. The third-order valence-electron chi connectivity index (χ3n) is 3.69. The summed E-state index contributed by atoms with van der Waals surface area (Å²) in [5.41, 5.74) is 1.31. The quantitative estimate of drug-likeness (QED) is 0.795. The Kier molecular flexibility index (Phi) is 5.63. The Balaban J connectivity index is 1.79. The first kappa shape index (κ1) is 14.3. The summed E-state index contributed by atoms with van der Waals surface area (Å²) in [4.78, 5) is 4.86. The van der Waals surface area contributed by atoms with Gasteiger partial charge in [-0.05, 0) is 18.7 Å². The van der Waals surface area contributed by atoms with Crippen molar-refractivity contribution in [2.75, 3.05) is 50.8 Å². The number of aliphatic hydroxyl groups is 1. The second kappa shape index (κ2) is 7.48. The minimum absolute atomic E-state index is 0.202. The molecular formula is C15H25N3O. The van der Waals surface area contributed by atoms with Gasteiger partial charge < -0.3 is 15.3 Å². The van der Waals surface area contributed by atoms with Gasteiger partial charge in [0.1, 0.15) is 0 Å². The molecule has 1 aliphatic heterocycles. The van der Waals surface area contributed by atoms with Gasteiger partial charge in [-0.15, -0.1) is 0 Å². The molecule has 2 N–H and O–H groups in total. The first-order valence-electron chi connectivity index (χ1n) is 7.20. The fourth-order valence-electron chi connectivity index (χ4n) is 2.61. The third-order valence-corrected chi connectivity index (χ3v) is 3.69. The zero-order valence-electron chi connectivity index (χ0n) is 11.8. The third kappa shape index (κ3) is 4.20. The van der Waals surface area contributed by atoms with Crippen LogP contribution in [-0.2, 0) is 0 Å². The van der Waals surface area contributed by atoms with Crippen LogP contribution in [0.1, 0.15) is 6.92 Å². The lowest BCUT2D eigenvalue weighted by Gasteiger charge is -2.37. The van der Waals surface area contributed by atoms with Crippen LogP contribution < -0.4 is 10.2 Å². The lowest BCUT2D eigenvalue weighted by molar-refractivity contribution is 0.177. The molecule has 1 aliphatic rings. The molecule has 19 heavy (non-hydrogen) atoms. The number of para-hydroxylation sites is 1. The largest absolute Gasteiger partial charge is 0.395 e. The number of nitrogens with zero attached hydrogens (tertiary/aromatic N) is 2. The summed E-state index contributed by atoms with van der Waals surface area (Å²) in [6, 6.07) is 10.8. The molecule has 4 nitrogen and oxygen atoms in total. The van der Waals surface area contributed by atoms with Crippen molar-refractivity contribution in [3.05, 3.63) is 30.3 Å². The van der Waals surface area contributed by atoms with Gasteiger partial charge in [0.25, 0.3) is 0 Å². The molecule has 1 heterocycles. The van der Waals surface area contributed by atoms with Crippen LogP contribution >= 0.6 is 0 Å². The normalized spacial score (nSPS) is 18.5. The van der Waals surface area contributed by atoms with E-state index < -0.39 is 0 Å². The Labute approximate surface area is 116 Å². The highest BCUT2D eigenvalue weighted by atomic mass is 16.3. The van der Waals surface area contributed by atoms with Crippen LogP contribution in [0, 0.1) is 0 Å². The summed E-state index contributed by atoms with van der Waals surface area (Å²) < 4.78 is 0. The monoisotopic (exact) mass is 263 g/mol. The average molecular weight is 263 g/mol. The molecule has 1 aromatic carbocycles. The molecule has 0 saturated carbocycles. The van der Waals surface area contributed by atoms with Crippen LogP contribution in [0.15, 0.2) is 30.3 Å². The predicted octanol–water partition coefficient (Wildman–Crippen LogP) is 0.779. The molecule has 0 amide bonds. The second-order valence-electron chi connectivity index (χ2n) is 5.06. The van der Waals surface area contributed by atoms with Crippen molar-refractivity contribution in [2.45, 2.75) is 13.0 Å². The van der Waals surface area contributed by atoms with Gasteiger partial charge in [-0.1, -0.05) is 25.1 Å². The molecule has 1 atom stereocenters. The van der Waals surface area contributed by atoms with Crippen LogP contribution in [0.5, 0.6) is 0 Å². The molecule has 1 unspecified atom stereocenters. The topological polar surface area (TPSA) is 38.7 Å². The average Bonchev–Trinajstić information content (AvgIpc) is 2.48. The second-order valence-corrected chi connectivity index (χ2v) is 5.06. The maximum atomic E-state index is 9.32. The summed E-state index contributed by atoms with van der Waals surface area (Å²) in [6.07, 6.45) is 0. The van der Waals surface area contributed by atoms with Gasteiger partial charge in [-0.25, -0.2) is 0 Å². The van der Waals surface area contributed by atoms with E-state index in [0.717, 1.165) is 39.3 Å². The number of nitrogens with one attached hydrogen (secondary N) is 1. The summed E-state index contributed by atoms with van der Waals surface area (Å²) in [5.74, 6) is 0. The minimum Gasteiger partial charge on any atom is -0.395 e. The lowest BCUT2D eigenvalue weighted by Crippen LogP contribution is -2.51. The zero-order valence-corrected chi connectivity index (χ0v) is 11.8. The first-order chi connectivity index (χ1) is 9.33. The van der Waals surface area contributed by atoms with Crippen molar-refractivity contribution in [3.8, 4) is 0 Å². The van der Waals surface area contributed by atoms with Gasteiger partial charge >= 0.3 is 0 Å². The number of aliphatic hydroxyl groups excluding tert-OH is 1. The van der Waals surface area contributed by atoms with E-state index in [1.807, 2.05) is 0 Å². The Hall–Kier alpha value is -1.10. The van der Waals surface area contributed by atoms with Crippen molar-refractivity contribution < 1.29 is 5.11 Å². The van der Waals surface area contributed by atoms with E-state index in [0.29, 0.717) is 0 Å². The van der Waals surface area contributed by atoms with E-state index in [9.17, 15) is 5.11 Å². The van der Waals surface area contributed by atoms with Crippen molar-refractivity contribution in [1.29, 1.82) is 0 Å². The van der Waals surface area contributed by atoms with Crippen molar-refractivity contribution in [1.82, 2.24) is 10.2 Å². The fraction of sp³-hybridized carbons (Fsp3) is 0.600. The Bertz CT molecular complexity index is 350. The highest BCUT2D eigenvalue weighted by molar-refractivity contribution is 5.46. The maximum Gasteiger partial charge on any atom is 0.0597 e. The van der Waals surface area contributed by atoms with Crippen LogP contribution in [0.4, 0.5) is 5.69 Å². The minimum atomic E-state index is 0.202. The van der Waals surface area contributed by atoms with Crippen LogP contribution in [-0.4, -0.2) is 61.9 Å². The highest BCUT2D eigenvalue weighted by Gasteiger charge is 2.19. The van der Waals surface area contributed by atoms with Gasteiger partial charge in [0.15, 0.2) is 0 Å². The summed E-state index contributed by atoms with van der Waals surface area (Å²) in [5, 5.41) is 12.6. The van der Waals surface area contributed by atoms with Gasteiger partial charge in [-0.3, -0.25) is 4.90 Å². The van der Waals surface area contributed by atoms with E-state index in [1.54, 1.807) is 0 Å². The molecule has 0 aromatic heterocycles. The molecule has 0 spiro atoms. The Morgan fingerprint density at radius 3 is 2.42 bits per heavy atom. The van der Waals surface area contributed by atoms with E-state index >= 15 is 0 Å². The van der Waals surface area contributed by atoms with E-state index in [2.05, 4.69) is 52.4 Å². The molecule has 0 aliphatic carbocycles. The fourth-order valence-corrected chi connectivity index (χ4v) is 2.61. The molecule has 2 rings (SSSR count). The summed E-state index contributed by atoms with van der Waals surface area (Å²) >= 11 is 0. The van der Waals surface area contributed by atoms with Crippen LogP contribution in [0.2, 0.25) is 0 Å². The van der Waals surface area contributed by atoms with E-state index in [1.165, 1.54) is 5.69 Å². The van der Waals surface area contributed by atoms with E-state index in [-0.39, 0.29) is 12.6 Å². The van der Waals surface area contributed by atoms with Crippen molar-refractivity contribution >= 4 is 5.69 Å². The van der Waals surface area contributed by atoms with Crippen molar-refractivity contribution in [3.63, 3.8) is 0 Å². The molecular weight excluding hydrogens is 238 g/mol. The van der Waals surface area contributed by atoms with Gasteiger partial charge in [0.05, 0.1) is 6.61 Å². The standard InChI is InChI=1S/C15H25N3O/c1-2-16-14(13-19)12-17-8-10-18(11-9-17)15-6-4-3-5-7-15/h3-7,14,16,19H,2,8-13H2,1H3. The molecule has 1 aromatic rings. The SMILES string of the molecule is CCNC(CO)CN1CCN(c2ccccc2)CC1. The number of likely N-dealkylation sites (N-methyl/N-ethyl adjacent to an activating group) is 1. The zero-order chi connectivity index (χ0) is 13.5. The number of hydrogen-bond donors (Lipinski definition) is 2. The molecule has 0 radical (unpaired) electrons. The number of rotatable bonds is 6. The highest BCUT2D eigenvalue weighted by Crippen LogP contribution is 2.15. The molecule has 1 fully saturated rings. The predicted molar refractivity (Wildman–Crippen MR) is 79.6 cm³/mol. The van der Waals surface area contributed by atoms with Crippen LogP contribution in [0.25, 0.3) is 0 Å². The maximum absolute atomic E-state index is 9.32. The summed E-state index contributed by atoms with van der Waals surface area (Å²) in [6.45, 7) is 8.40. The lowest BCUT2D eigenvalue weighted by atomic mass is 10.2. The van der Waals surface area contributed by atoms with Gasteiger partial charge in [0.2, 0.25) is 0 Å². The smallest absolute Gasteiger partial charge is 0.0597 e. The molecule has 0 bridgehead atoms. The summed E-state index contributed by atoms with van der Waals surface area (Å²) in [7, 11) is 0. The van der Waals surface area contributed by atoms with Gasteiger partial charge in [0, 0.05) is 44.5 Å². The number of benzene rings is 1. The Morgan fingerprint density at radius 1 is 1.16 bits per heavy atom. The number of hydrogen-bond acceptors (Lipinski definition) is 4. The van der Waals surface area contributed by atoms with Crippen LogP contribution in [0.3, 0.4) is 0 Å². The van der Waals surface area contributed by atoms with E-state index in [4.69, 9.17) is 0 Å². The van der Waals surface area contributed by atoms with Gasteiger partial charge in [-0.2, -0.15) is 0 Å². The number of anilines is 1. The Morgan fingerprint density at radius 2 is 1.84 bits per heavy atom.